The van der Waals surface area contributed by atoms with E-state index in [0.29, 0.717) is 17.1 Å². The van der Waals surface area contributed by atoms with Crippen LogP contribution >= 0.6 is 0 Å². The van der Waals surface area contributed by atoms with E-state index >= 15 is 0 Å². The minimum atomic E-state index is -4.36. The molecule has 0 aliphatic heterocycles. The lowest BCUT2D eigenvalue weighted by atomic mass is 10.1. The van der Waals surface area contributed by atoms with Crippen molar-refractivity contribution in [3.05, 3.63) is 53.8 Å². The van der Waals surface area contributed by atoms with Crippen LogP contribution in [-0.2, 0) is 11.0 Å². The fraction of sp³-hybridized carbons (Fsp3) is 0.0714. The van der Waals surface area contributed by atoms with Crippen LogP contribution in [0.2, 0.25) is 0 Å². The van der Waals surface area contributed by atoms with Crippen LogP contribution in [0.15, 0.2) is 46.9 Å². The van der Waals surface area contributed by atoms with Gasteiger partial charge in [-0.3, -0.25) is 4.79 Å². The number of nitrogens with two attached hydrogens (primary N) is 1. The molecule has 0 spiro atoms. The van der Waals surface area contributed by atoms with Crippen molar-refractivity contribution < 1.29 is 22.4 Å². The van der Waals surface area contributed by atoms with Crippen molar-refractivity contribution in [3.8, 4) is 11.3 Å². The molecule has 0 unspecified atom stereocenters. The van der Waals surface area contributed by atoms with Crippen molar-refractivity contribution in [3.63, 3.8) is 0 Å². The second-order valence-electron chi connectivity index (χ2n) is 4.01. The first-order valence-corrected chi connectivity index (χ1v) is 5.61. The summed E-state index contributed by atoms with van der Waals surface area (Å²) in [5.74, 6) is 0.180. The molecule has 0 saturated heterocycles. The van der Waals surface area contributed by atoms with Crippen LogP contribution in [0.3, 0.4) is 0 Å². The number of amides is 1. The van der Waals surface area contributed by atoms with Crippen LogP contribution in [0.4, 0.5) is 13.2 Å². The Labute approximate surface area is 112 Å². The third kappa shape index (κ3) is 3.28. The number of primary amides is 1. The molecule has 1 heterocycles. The summed E-state index contributed by atoms with van der Waals surface area (Å²) in [4.78, 5) is 10.6. The van der Waals surface area contributed by atoms with Gasteiger partial charge in [0.2, 0.25) is 5.91 Å². The van der Waals surface area contributed by atoms with Crippen molar-refractivity contribution >= 4 is 12.0 Å². The normalized spacial score (nSPS) is 11.9. The predicted molar refractivity (Wildman–Crippen MR) is 67.4 cm³/mol. The monoisotopic (exact) mass is 281 g/mol. The molecule has 20 heavy (non-hydrogen) atoms. The Morgan fingerprint density at radius 1 is 1.10 bits per heavy atom. The average molecular weight is 281 g/mol. The first kappa shape index (κ1) is 13.9. The Bertz CT molecular complexity index is 639. The number of hydrogen-bond acceptors (Lipinski definition) is 2. The lowest BCUT2D eigenvalue weighted by Crippen LogP contribution is -2.04. The smallest absolute Gasteiger partial charge is 0.416 e. The number of rotatable bonds is 3. The highest BCUT2D eigenvalue weighted by molar-refractivity contribution is 5.89. The molecule has 6 heteroatoms. The number of carbonyl (C=O) groups excluding carboxylic acids is 1. The van der Waals surface area contributed by atoms with Crippen molar-refractivity contribution in [2.45, 2.75) is 6.18 Å². The van der Waals surface area contributed by atoms with Crippen LogP contribution in [0.1, 0.15) is 11.3 Å². The van der Waals surface area contributed by atoms with Crippen molar-refractivity contribution in [1.29, 1.82) is 0 Å². The zero-order valence-corrected chi connectivity index (χ0v) is 10.1. The van der Waals surface area contributed by atoms with Gasteiger partial charge in [-0.25, -0.2) is 0 Å². The lowest BCUT2D eigenvalue weighted by Gasteiger charge is -2.06. The fourth-order valence-corrected chi connectivity index (χ4v) is 1.59. The summed E-state index contributed by atoms with van der Waals surface area (Å²) in [5, 5.41) is 0. The van der Waals surface area contributed by atoms with Crippen molar-refractivity contribution in [1.82, 2.24) is 0 Å². The average Bonchev–Trinajstić information content (AvgIpc) is 2.84. The Hall–Kier alpha value is -2.50. The van der Waals surface area contributed by atoms with Crippen molar-refractivity contribution in [2.24, 2.45) is 5.73 Å². The second kappa shape index (κ2) is 5.24. The van der Waals surface area contributed by atoms with E-state index in [2.05, 4.69) is 0 Å². The summed E-state index contributed by atoms with van der Waals surface area (Å²) < 4.78 is 42.6. The molecular weight excluding hydrogens is 271 g/mol. The summed E-state index contributed by atoms with van der Waals surface area (Å²) >= 11 is 0. The van der Waals surface area contributed by atoms with Crippen LogP contribution in [-0.4, -0.2) is 5.91 Å². The molecule has 1 amide bonds. The maximum absolute atomic E-state index is 12.4. The Morgan fingerprint density at radius 3 is 2.30 bits per heavy atom. The molecule has 0 aliphatic carbocycles. The van der Waals surface area contributed by atoms with Gasteiger partial charge in [-0.15, -0.1) is 0 Å². The zero-order chi connectivity index (χ0) is 14.8. The second-order valence-corrected chi connectivity index (χ2v) is 4.01. The Kier molecular flexibility index (Phi) is 3.65. The summed E-state index contributed by atoms with van der Waals surface area (Å²) in [6.45, 7) is 0. The fourth-order valence-electron chi connectivity index (χ4n) is 1.59. The molecule has 0 saturated carbocycles. The summed E-state index contributed by atoms with van der Waals surface area (Å²) in [6, 6.07) is 7.80. The highest BCUT2D eigenvalue weighted by Crippen LogP contribution is 2.31. The van der Waals surface area contributed by atoms with E-state index in [0.717, 1.165) is 18.2 Å². The highest BCUT2D eigenvalue weighted by atomic mass is 19.4. The molecule has 2 aromatic rings. The van der Waals surface area contributed by atoms with E-state index in [1.54, 1.807) is 12.1 Å². The van der Waals surface area contributed by atoms with Crippen LogP contribution in [0, 0.1) is 0 Å². The molecule has 2 N–H and O–H groups in total. The van der Waals surface area contributed by atoms with Gasteiger partial charge in [-0.1, -0.05) is 12.1 Å². The number of furan rings is 1. The third-order valence-electron chi connectivity index (χ3n) is 2.54. The molecule has 0 radical (unpaired) electrons. The Balaban J connectivity index is 2.22. The van der Waals surface area contributed by atoms with Gasteiger partial charge in [0, 0.05) is 11.6 Å². The van der Waals surface area contributed by atoms with E-state index < -0.39 is 17.6 Å². The molecule has 104 valence electrons. The zero-order valence-electron chi connectivity index (χ0n) is 10.1. The Morgan fingerprint density at radius 2 is 1.75 bits per heavy atom. The van der Waals surface area contributed by atoms with Crippen LogP contribution < -0.4 is 5.73 Å². The minimum Gasteiger partial charge on any atom is -0.457 e. The molecule has 2 rings (SSSR count). The number of hydrogen-bond donors (Lipinski definition) is 1. The molecule has 3 nitrogen and oxygen atoms in total. The number of alkyl halides is 3. The first-order valence-electron chi connectivity index (χ1n) is 5.61. The molecule has 0 aliphatic rings. The van der Waals surface area contributed by atoms with E-state index in [1.807, 2.05) is 0 Å². The standard InChI is InChI=1S/C14H10F3NO2/c15-14(16,17)10-3-1-9(2-4-10)12-7-5-11(20-12)6-8-13(18)19/h1-8H,(H2,18,19)/b8-6-. The van der Waals surface area contributed by atoms with E-state index in [9.17, 15) is 18.0 Å². The van der Waals surface area contributed by atoms with Gasteiger partial charge < -0.3 is 10.2 Å². The van der Waals surface area contributed by atoms with E-state index in [4.69, 9.17) is 10.2 Å². The quantitative estimate of drug-likeness (QED) is 0.876. The van der Waals surface area contributed by atoms with Gasteiger partial charge in [0.05, 0.1) is 5.56 Å². The predicted octanol–water partition coefficient (Wildman–Crippen LogP) is 3.46. The highest BCUT2D eigenvalue weighted by Gasteiger charge is 2.30. The summed E-state index contributed by atoms with van der Waals surface area (Å²) in [5.41, 5.74) is 4.73. The van der Waals surface area contributed by atoms with Crippen LogP contribution in [0.25, 0.3) is 17.4 Å². The maximum Gasteiger partial charge on any atom is 0.416 e. The van der Waals surface area contributed by atoms with E-state index in [1.165, 1.54) is 18.2 Å². The van der Waals surface area contributed by atoms with Gasteiger partial charge in [0.25, 0.3) is 0 Å². The number of benzene rings is 1. The van der Waals surface area contributed by atoms with Gasteiger partial charge >= 0.3 is 6.18 Å². The third-order valence-corrected chi connectivity index (χ3v) is 2.54. The molecule has 1 aromatic heterocycles. The van der Waals surface area contributed by atoms with Gasteiger partial charge in [-0.2, -0.15) is 13.2 Å². The van der Waals surface area contributed by atoms with Crippen LogP contribution in [0.5, 0.6) is 0 Å². The first-order chi connectivity index (χ1) is 9.36. The molecule has 0 bridgehead atoms. The van der Waals surface area contributed by atoms with Crippen molar-refractivity contribution in [2.75, 3.05) is 0 Å². The lowest BCUT2D eigenvalue weighted by molar-refractivity contribution is -0.137. The van der Waals surface area contributed by atoms with Gasteiger partial charge in [-0.05, 0) is 30.3 Å². The molecular formula is C14H10F3NO2. The summed E-state index contributed by atoms with van der Waals surface area (Å²) in [7, 11) is 0. The van der Waals surface area contributed by atoms with Gasteiger partial charge in [0.1, 0.15) is 11.5 Å². The maximum atomic E-state index is 12.4. The SMILES string of the molecule is NC(=O)/C=C\c1ccc(-c2ccc(C(F)(F)F)cc2)o1. The molecule has 0 atom stereocenters. The minimum absolute atomic E-state index is 0.388. The van der Waals surface area contributed by atoms with Gasteiger partial charge in [0.15, 0.2) is 0 Å². The molecule has 0 fully saturated rings. The topological polar surface area (TPSA) is 56.2 Å². The molecule has 1 aromatic carbocycles. The largest absolute Gasteiger partial charge is 0.457 e. The number of carbonyl (C=O) groups is 1. The number of halogens is 3. The van der Waals surface area contributed by atoms with E-state index in [-0.39, 0.29) is 0 Å². The summed E-state index contributed by atoms with van der Waals surface area (Å²) in [6.07, 6.45) is -1.84.